The number of hydrogen-bond donors (Lipinski definition) is 1. The molecule has 0 aromatic carbocycles. The maximum absolute atomic E-state index is 5.53. The summed E-state index contributed by atoms with van der Waals surface area (Å²) in [7, 11) is 1.98. The predicted octanol–water partition coefficient (Wildman–Crippen LogP) is -0.159. The van der Waals surface area contributed by atoms with Crippen LogP contribution in [0.25, 0.3) is 0 Å². The lowest BCUT2D eigenvalue weighted by Gasteiger charge is -2.28. The summed E-state index contributed by atoms with van der Waals surface area (Å²) in [6, 6.07) is 0. The van der Waals surface area contributed by atoms with Crippen molar-refractivity contribution in [1.82, 2.24) is 10.4 Å². The van der Waals surface area contributed by atoms with Gasteiger partial charge in [0.15, 0.2) is 0 Å². The summed E-state index contributed by atoms with van der Waals surface area (Å²) in [4.78, 5) is 0. The Balaban J connectivity index is 1.96. The molecule has 0 aromatic heterocycles. The highest BCUT2D eigenvalue weighted by molar-refractivity contribution is 4.82. The van der Waals surface area contributed by atoms with Crippen LogP contribution in [0.3, 0.4) is 0 Å². The predicted molar refractivity (Wildman–Crippen MR) is 38.5 cm³/mol. The van der Waals surface area contributed by atoms with Crippen LogP contribution in [-0.2, 0) is 4.74 Å². The molecule has 2 fully saturated rings. The van der Waals surface area contributed by atoms with E-state index in [1.807, 2.05) is 7.05 Å². The highest BCUT2D eigenvalue weighted by Crippen LogP contribution is 2.25. The first-order valence-electron chi connectivity index (χ1n) is 3.92. The second kappa shape index (κ2) is 2.49. The fourth-order valence-corrected chi connectivity index (χ4v) is 1.85. The topological polar surface area (TPSA) is 24.5 Å². The van der Waals surface area contributed by atoms with E-state index in [-0.39, 0.29) is 0 Å². The van der Waals surface area contributed by atoms with Crippen LogP contribution in [0.5, 0.6) is 0 Å². The van der Waals surface area contributed by atoms with Gasteiger partial charge in [-0.25, -0.2) is 5.01 Å². The minimum Gasteiger partial charge on any atom is -0.376 e. The fourth-order valence-electron chi connectivity index (χ4n) is 1.85. The Labute approximate surface area is 61.3 Å². The van der Waals surface area contributed by atoms with Crippen LogP contribution in [0, 0.1) is 5.92 Å². The molecule has 2 aliphatic heterocycles. The minimum absolute atomic E-state index is 0.506. The Hall–Kier alpha value is -0.120. The van der Waals surface area contributed by atoms with Crippen LogP contribution in [0.1, 0.15) is 6.42 Å². The van der Waals surface area contributed by atoms with E-state index in [2.05, 4.69) is 10.4 Å². The van der Waals surface area contributed by atoms with Gasteiger partial charge in [-0.15, -0.1) is 0 Å². The maximum atomic E-state index is 5.53. The molecule has 2 atom stereocenters. The van der Waals surface area contributed by atoms with E-state index in [9.17, 15) is 0 Å². The van der Waals surface area contributed by atoms with Gasteiger partial charge in [-0.05, 0) is 19.4 Å². The van der Waals surface area contributed by atoms with Crippen LogP contribution in [-0.4, -0.2) is 37.9 Å². The van der Waals surface area contributed by atoms with Crippen LogP contribution in [0.15, 0.2) is 0 Å². The van der Waals surface area contributed by atoms with E-state index >= 15 is 0 Å². The van der Waals surface area contributed by atoms with E-state index in [0.717, 1.165) is 25.6 Å². The third-order valence-electron chi connectivity index (χ3n) is 2.38. The molecule has 58 valence electrons. The van der Waals surface area contributed by atoms with Gasteiger partial charge < -0.3 is 4.74 Å². The molecule has 2 rings (SSSR count). The fraction of sp³-hybridized carbons (Fsp3) is 1.00. The maximum Gasteiger partial charge on any atom is 0.0720 e. The highest BCUT2D eigenvalue weighted by atomic mass is 16.5. The van der Waals surface area contributed by atoms with Gasteiger partial charge in [-0.3, -0.25) is 5.43 Å². The van der Waals surface area contributed by atoms with Gasteiger partial charge >= 0.3 is 0 Å². The van der Waals surface area contributed by atoms with Gasteiger partial charge in [0.1, 0.15) is 0 Å². The average molecular weight is 142 g/mol. The number of piperidine rings is 1. The Morgan fingerprint density at radius 1 is 1.50 bits per heavy atom. The number of nitrogens with zero attached hydrogens (tertiary/aromatic N) is 1. The van der Waals surface area contributed by atoms with Crippen molar-refractivity contribution < 1.29 is 4.74 Å². The largest absolute Gasteiger partial charge is 0.376 e. The molecule has 2 heterocycles. The summed E-state index contributed by atoms with van der Waals surface area (Å²) in [5.74, 6) is 0.784. The Bertz CT molecular complexity index is 117. The zero-order valence-electron chi connectivity index (χ0n) is 6.34. The molecule has 2 saturated heterocycles. The smallest absolute Gasteiger partial charge is 0.0720 e. The molecule has 2 bridgehead atoms. The Morgan fingerprint density at radius 2 is 2.40 bits per heavy atom. The van der Waals surface area contributed by atoms with Gasteiger partial charge in [0.05, 0.1) is 12.7 Å². The first-order chi connectivity index (χ1) is 4.88. The van der Waals surface area contributed by atoms with Crippen molar-refractivity contribution in [3.63, 3.8) is 0 Å². The molecular weight excluding hydrogens is 128 g/mol. The lowest BCUT2D eigenvalue weighted by Crippen LogP contribution is -2.45. The summed E-state index contributed by atoms with van der Waals surface area (Å²) < 4.78 is 5.53. The molecule has 0 amide bonds. The van der Waals surface area contributed by atoms with Gasteiger partial charge in [0.2, 0.25) is 0 Å². The SMILES string of the molecule is CNN1C[C@@H]2CO[C@@H](C2)C1. The quantitative estimate of drug-likeness (QED) is 0.550. The molecule has 1 N–H and O–H groups in total. The number of nitrogens with one attached hydrogen (secondary N) is 1. The van der Waals surface area contributed by atoms with Crippen molar-refractivity contribution in [2.45, 2.75) is 12.5 Å². The van der Waals surface area contributed by atoms with Gasteiger partial charge in [0.25, 0.3) is 0 Å². The molecule has 2 aliphatic rings. The van der Waals surface area contributed by atoms with Crippen molar-refractivity contribution in [3.05, 3.63) is 0 Å². The van der Waals surface area contributed by atoms with E-state index in [1.54, 1.807) is 0 Å². The van der Waals surface area contributed by atoms with E-state index < -0.39 is 0 Å². The molecule has 0 aromatic rings. The molecule has 10 heavy (non-hydrogen) atoms. The van der Waals surface area contributed by atoms with E-state index in [1.165, 1.54) is 6.42 Å². The first-order valence-corrected chi connectivity index (χ1v) is 3.92. The van der Waals surface area contributed by atoms with Crippen LogP contribution >= 0.6 is 0 Å². The monoisotopic (exact) mass is 142 g/mol. The molecule has 0 aliphatic carbocycles. The zero-order valence-corrected chi connectivity index (χ0v) is 6.34. The van der Waals surface area contributed by atoms with Crippen molar-refractivity contribution in [3.8, 4) is 0 Å². The van der Waals surface area contributed by atoms with Crippen molar-refractivity contribution >= 4 is 0 Å². The van der Waals surface area contributed by atoms with Gasteiger partial charge in [-0.2, -0.15) is 0 Å². The average Bonchev–Trinajstić information content (AvgIpc) is 2.30. The minimum atomic E-state index is 0.506. The summed E-state index contributed by atoms with van der Waals surface area (Å²) >= 11 is 0. The summed E-state index contributed by atoms with van der Waals surface area (Å²) in [5.41, 5.74) is 3.16. The lowest BCUT2D eigenvalue weighted by atomic mass is 10.0. The zero-order chi connectivity index (χ0) is 6.97. The Morgan fingerprint density at radius 3 is 3.10 bits per heavy atom. The number of hydrogen-bond acceptors (Lipinski definition) is 3. The number of fused-ring (bicyclic) bond motifs is 2. The Kier molecular flexibility index (Phi) is 1.64. The lowest BCUT2D eigenvalue weighted by molar-refractivity contribution is 0.0672. The standard InChI is InChI=1S/C7H14N2O/c1-8-9-3-6-2-7(4-9)10-5-6/h6-8H,2-5H2,1H3/t6-,7+/m1/s1. The first kappa shape index (κ1) is 6.58. The third kappa shape index (κ3) is 1.05. The second-order valence-electron chi connectivity index (χ2n) is 3.19. The summed E-state index contributed by atoms with van der Waals surface area (Å²) in [6.07, 6.45) is 1.78. The van der Waals surface area contributed by atoms with Crippen molar-refractivity contribution in [2.24, 2.45) is 5.92 Å². The summed E-state index contributed by atoms with van der Waals surface area (Å²) in [5, 5.41) is 2.24. The number of rotatable bonds is 1. The second-order valence-corrected chi connectivity index (χ2v) is 3.19. The third-order valence-corrected chi connectivity index (χ3v) is 2.38. The van der Waals surface area contributed by atoms with Crippen LogP contribution < -0.4 is 5.43 Å². The van der Waals surface area contributed by atoms with Crippen molar-refractivity contribution in [2.75, 3.05) is 26.7 Å². The van der Waals surface area contributed by atoms with E-state index in [0.29, 0.717) is 6.10 Å². The van der Waals surface area contributed by atoms with Crippen LogP contribution in [0.4, 0.5) is 0 Å². The van der Waals surface area contributed by atoms with Crippen molar-refractivity contribution in [1.29, 1.82) is 0 Å². The molecule has 0 unspecified atom stereocenters. The molecular formula is C7H14N2O. The summed E-state index contributed by atoms with van der Waals surface area (Å²) in [6.45, 7) is 3.20. The van der Waals surface area contributed by atoms with E-state index in [4.69, 9.17) is 4.74 Å². The van der Waals surface area contributed by atoms with Crippen LogP contribution in [0.2, 0.25) is 0 Å². The molecule has 0 spiro atoms. The molecule has 3 nitrogen and oxygen atoms in total. The molecule has 0 saturated carbocycles. The van der Waals surface area contributed by atoms with Gasteiger partial charge in [-0.1, -0.05) is 0 Å². The molecule has 0 radical (unpaired) electrons. The number of hydrazine groups is 1. The normalized spacial score (nSPS) is 40.5. The molecule has 3 heteroatoms. The van der Waals surface area contributed by atoms with Gasteiger partial charge in [0, 0.05) is 13.1 Å². The highest BCUT2D eigenvalue weighted by Gasteiger charge is 2.33. The number of ether oxygens (including phenoxy) is 1.